The standard InChI is InChI=1S/C8H15N3.C3H8.3C2H6/c1-4-5-6-8-7(2)11(3)10-9-8;1-3-2;3*1-2/h4-6H2,1-3H3;3H2,1-2H3;3*1-2H3. The topological polar surface area (TPSA) is 30.7 Å². The number of hydrogen-bond donors (Lipinski definition) is 0. The number of hydrogen-bond acceptors (Lipinski definition) is 2. The molecule has 0 unspecified atom stereocenters. The highest BCUT2D eigenvalue weighted by Gasteiger charge is 2.03. The summed E-state index contributed by atoms with van der Waals surface area (Å²) in [4.78, 5) is 0. The molecule has 0 fully saturated rings. The molecule has 0 N–H and O–H groups in total. The Kier molecular flexibility index (Phi) is 36.6. The molecule has 0 aliphatic carbocycles. The quantitative estimate of drug-likeness (QED) is 0.686. The Balaban J connectivity index is -0.000000121. The summed E-state index contributed by atoms with van der Waals surface area (Å²) in [5.74, 6) is 0. The summed E-state index contributed by atoms with van der Waals surface area (Å²) in [6.07, 6.45) is 4.74. The van der Waals surface area contributed by atoms with E-state index < -0.39 is 0 Å². The molecule has 124 valence electrons. The Bertz CT molecular complexity index is 242. The van der Waals surface area contributed by atoms with Crippen LogP contribution in [-0.4, -0.2) is 15.0 Å². The first-order valence-corrected chi connectivity index (χ1v) is 8.52. The van der Waals surface area contributed by atoms with Gasteiger partial charge in [-0.25, -0.2) is 0 Å². The minimum absolute atomic E-state index is 1.07. The molecule has 1 aromatic rings. The van der Waals surface area contributed by atoms with Crippen molar-refractivity contribution in [2.45, 2.75) is 94.9 Å². The van der Waals surface area contributed by atoms with E-state index in [0.29, 0.717) is 0 Å². The molecule has 0 aliphatic rings. The lowest BCUT2D eigenvalue weighted by atomic mass is 10.2. The molecule has 3 nitrogen and oxygen atoms in total. The first-order chi connectivity index (χ1) is 9.67. The molecule has 0 amide bonds. The van der Waals surface area contributed by atoms with Gasteiger partial charge in [0.25, 0.3) is 0 Å². The van der Waals surface area contributed by atoms with Crippen LogP contribution in [0.15, 0.2) is 0 Å². The molecule has 0 atom stereocenters. The van der Waals surface area contributed by atoms with Crippen molar-refractivity contribution in [2.75, 3.05) is 0 Å². The van der Waals surface area contributed by atoms with Crippen molar-refractivity contribution in [1.29, 1.82) is 0 Å². The van der Waals surface area contributed by atoms with Crippen LogP contribution in [0.2, 0.25) is 0 Å². The monoisotopic (exact) mass is 287 g/mol. The van der Waals surface area contributed by atoms with Gasteiger partial charge in [-0.1, -0.05) is 80.4 Å². The van der Waals surface area contributed by atoms with E-state index in [2.05, 4.69) is 38.0 Å². The maximum Gasteiger partial charge on any atom is 0.0856 e. The molecular weight excluding hydrogens is 246 g/mol. The normalized spacial score (nSPS) is 7.55. The summed E-state index contributed by atoms with van der Waals surface area (Å²) >= 11 is 0. The van der Waals surface area contributed by atoms with E-state index in [0.717, 1.165) is 12.1 Å². The van der Waals surface area contributed by atoms with Crippen molar-refractivity contribution in [3.63, 3.8) is 0 Å². The molecule has 0 aromatic carbocycles. The van der Waals surface area contributed by atoms with Gasteiger partial charge in [0.15, 0.2) is 0 Å². The van der Waals surface area contributed by atoms with E-state index in [1.54, 1.807) is 0 Å². The van der Waals surface area contributed by atoms with Crippen molar-refractivity contribution in [1.82, 2.24) is 15.0 Å². The minimum atomic E-state index is 1.07. The van der Waals surface area contributed by atoms with Gasteiger partial charge in [-0.3, -0.25) is 4.68 Å². The van der Waals surface area contributed by atoms with Crippen molar-refractivity contribution < 1.29 is 0 Å². The fraction of sp³-hybridized carbons (Fsp3) is 0.882. The number of aryl methyl sites for hydroxylation is 2. The zero-order valence-corrected chi connectivity index (χ0v) is 16.2. The van der Waals surface area contributed by atoms with Gasteiger partial charge in [0.1, 0.15) is 0 Å². The van der Waals surface area contributed by atoms with Gasteiger partial charge in [-0.15, -0.1) is 5.10 Å². The van der Waals surface area contributed by atoms with Crippen molar-refractivity contribution in [3.05, 3.63) is 11.4 Å². The van der Waals surface area contributed by atoms with Crippen LogP contribution in [0.25, 0.3) is 0 Å². The lowest BCUT2D eigenvalue weighted by molar-refractivity contribution is 0.695. The van der Waals surface area contributed by atoms with E-state index in [-0.39, 0.29) is 0 Å². The largest absolute Gasteiger partial charge is 0.252 e. The zero-order valence-electron chi connectivity index (χ0n) is 16.2. The van der Waals surface area contributed by atoms with Crippen LogP contribution in [0.3, 0.4) is 0 Å². The maximum atomic E-state index is 4.07. The molecule has 20 heavy (non-hydrogen) atoms. The number of unbranched alkanes of at least 4 members (excludes halogenated alkanes) is 1. The maximum absolute atomic E-state index is 4.07. The third-order valence-electron chi connectivity index (χ3n) is 1.97. The smallest absolute Gasteiger partial charge is 0.0856 e. The van der Waals surface area contributed by atoms with Crippen molar-refractivity contribution in [2.24, 2.45) is 7.05 Å². The van der Waals surface area contributed by atoms with Crippen LogP contribution in [0.1, 0.15) is 93.0 Å². The molecule has 0 saturated carbocycles. The third kappa shape index (κ3) is 17.1. The van der Waals surface area contributed by atoms with Crippen LogP contribution in [0, 0.1) is 6.92 Å². The highest BCUT2D eigenvalue weighted by molar-refractivity contribution is 5.06. The van der Waals surface area contributed by atoms with Crippen LogP contribution < -0.4 is 0 Å². The second-order valence-electron chi connectivity index (χ2n) is 3.56. The highest BCUT2D eigenvalue weighted by atomic mass is 15.4. The van der Waals surface area contributed by atoms with Gasteiger partial charge in [-0.05, 0) is 19.8 Å². The fourth-order valence-electron chi connectivity index (χ4n) is 1.02. The molecule has 1 rings (SSSR count). The van der Waals surface area contributed by atoms with Crippen LogP contribution >= 0.6 is 0 Å². The first kappa shape index (κ1) is 27.5. The van der Waals surface area contributed by atoms with Gasteiger partial charge in [-0.2, -0.15) is 0 Å². The van der Waals surface area contributed by atoms with Gasteiger partial charge in [0, 0.05) is 7.05 Å². The average molecular weight is 288 g/mol. The summed E-state index contributed by atoms with van der Waals surface area (Å²) in [6, 6.07) is 0. The molecule has 3 heteroatoms. The van der Waals surface area contributed by atoms with Crippen molar-refractivity contribution >= 4 is 0 Å². The molecule has 0 saturated heterocycles. The van der Waals surface area contributed by atoms with Crippen LogP contribution in [-0.2, 0) is 13.5 Å². The summed E-state index contributed by atoms with van der Waals surface area (Å²) in [6.45, 7) is 20.5. The second-order valence-corrected chi connectivity index (χ2v) is 3.56. The Morgan fingerprint density at radius 3 is 1.55 bits per heavy atom. The first-order valence-electron chi connectivity index (χ1n) is 8.52. The van der Waals surface area contributed by atoms with E-state index in [9.17, 15) is 0 Å². The predicted octanol–water partition coefficient (Wildman–Crippen LogP) is 5.96. The van der Waals surface area contributed by atoms with E-state index in [4.69, 9.17) is 0 Å². The van der Waals surface area contributed by atoms with E-state index in [1.807, 2.05) is 53.3 Å². The lowest BCUT2D eigenvalue weighted by Gasteiger charge is -1.95. The van der Waals surface area contributed by atoms with E-state index >= 15 is 0 Å². The van der Waals surface area contributed by atoms with Crippen molar-refractivity contribution in [3.8, 4) is 0 Å². The number of rotatable bonds is 3. The molecule has 0 aliphatic heterocycles. The van der Waals surface area contributed by atoms with Gasteiger partial charge >= 0.3 is 0 Å². The van der Waals surface area contributed by atoms with Gasteiger partial charge in [0.05, 0.1) is 11.4 Å². The molecular formula is C17H41N3. The Hall–Kier alpha value is -0.860. The molecule has 1 aromatic heterocycles. The Morgan fingerprint density at radius 1 is 0.900 bits per heavy atom. The average Bonchev–Trinajstić information content (AvgIpc) is 2.84. The molecule has 0 radical (unpaired) electrons. The number of nitrogens with zero attached hydrogens (tertiary/aromatic N) is 3. The Labute approximate surface area is 129 Å². The zero-order chi connectivity index (χ0) is 17.0. The second kappa shape index (κ2) is 26.7. The van der Waals surface area contributed by atoms with Gasteiger partial charge in [0.2, 0.25) is 0 Å². The summed E-state index contributed by atoms with van der Waals surface area (Å²) in [5.41, 5.74) is 2.34. The summed E-state index contributed by atoms with van der Waals surface area (Å²) < 4.78 is 1.82. The van der Waals surface area contributed by atoms with Crippen LogP contribution in [0.5, 0.6) is 0 Å². The minimum Gasteiger partial charge on any atom is -0.252 e. The molecule has 1 heterocycles. The third-order valence-corrected chi connectivity index (χ3v) is 1.97. The fourth-order valence-corrected chi connectivity index (χ4v) is 1.02. The Morgan fingerprint density at radius 2 is 1.30 bits per heavy atom. The predicted molar refractivity (Wildman–Crippen MR) is 94.4 cm³/mol. The molecule has 0 spiro atoms. The summed E-state index contributed by atoms with van der Waals surface area (Å²) in [7, 11) is 1.93. The number of aromatic nitrogens is 3. The highest BCUT2D eigenvalue weighted by Crippen LogP contribution is 2.05. The van der Waals surface area contributed by atoms with E-state index in [1.165, 1.54) is 25.0 Å². The molecule has 0 bridgehead atoms. The summed E-state index contributed by atoms with van der Waals surface area (Å²) in [5, 5.41) is 8.00. The lowest BCUT2D eigenvalue weighted by Crippen LogP contribution is -1.94. The van der Waals surface area contributed by atoms with Gasteiger partial charge < -0.3 is 0 Å². The van der Waals surface area contributed by atoms with Crippen LogP contribution in [0.4, 0.5) is 0 Å². The SMILES string of the molecule is CC.CC.CC.CCC.CCCCc1nnn(C)c1C.